The number of carbonyl (C=O) groups is 1. The van der Waals surface area contributed by atoms with E-state index in [1.165, 1.54) is 0 Å². The van der Waals surface area contributed by atoms with Gasteiger partial charge in [0.2, 0.25) is 0 Å². The minimum Gasteiger partial charge on any atom is -0.351 e. The van der Waals surface area contributed by atoms with E-state index in [4.69, 9.17) is 0 Å². The number of para-hydroxylation sites is 1. The van der Waals surface area contributed by atoms with E-state index in [2.05, 4.69) is 10.3 Å². The maximum atomic E-state index is 12.4. The summed E-state index contributed by atoms with van der Waals surface area (Å²) in [7, 11) is -0.765. The zero-order valence-corrected chi connectivity index (χ0v) is 13.6. The van der Waals surface area contributed by atoms with E-state index >= 15 is 0 Å². The van der Waals surface area contributed by atoms with E-state index in [1.807, 2.05) is 37.3 Å². The highest BCUT2D eigenvalue weighted by atomic mass is 32.2. The molecule has 2 N–H and O–H groups in total. The van der Waals surface area contributed by atoms with E-state index in [9.17, 15) is 9.00 Å². The number of benzene rings is 1. The number of hydrogen-bond acceptors (Lipinski definition) is 2. The summed E-state index contributed by atoms with van der Waals surface area (Å²) in [6.07, 6.45) is 3.85. The van der Waals surface area contributed by atoms with E-state index in [0.717, 1.165) is 36.6 Å². The van der Waals surface area contributed by atoms with Crippen LogP contribution in [0.2, 0.25) is 0 Å². The molecule has 2 aromatic rings. The molecule has 0 bridgehead atoms. The summed E-state index contributed by atoms with van der Waals surface area (Å²) in [6, 6.07) is 9.88. The van der Waals surface area contributed by atoms with Crippen LogP contribution in [0.5, 0.6) is 0 Å². The van der Waals surface area contributed by atoms with Crippen LogP contribution in [0.3, 0.4) is 0 Å². The van der Waals surface area contributed by atoms with Gasteiger partial charge in [0, 0.05) is 38.7 Å². The van der Waals surface area contributed by atoms with Crippen molar-refractivity contribution in [2.45, 2.75) is 43.9 Å². The van der Waals surface area contributed by atoms with Gasteiger partial charge in [-0.3, -0.25) is 9.00 Å². The van der Waals surface area contributed by atoms with E-state index in [0.29, 0.717) is 11.4 Å². The molecular weight excluding hydrogens is 296 g/mol. The Labute approximate surface area is 133 Å². The van der Waals surface area contributed by atoms with Gasteiger partial charge in [0.05, 0.1) is 0 Å². The molecule has 1 aliphatic carbocycles. The third-order valence-electron chi connectivity index (χ3n) is 4.39. The van der Waals surface area contributed by atoms with Crippen molar-refractivity contribution in [1.82, 2.24) is 10.3 Å². The number of nitrogens with one attached hydrogen (secondary N) is 2. The first kappa shape index (κ1) is 15.3. The molecule has 1 aliphatic rings. The lowest BCUT2D eigenvalue weighted by atomic mass is 9.95. The average molecular weight is 318 g/mol. The van der Waals surface area contributed by atoms with Crippen LogP contribution in [0.4, 0.5) is 0 Å². The highest BCUT2D eigenvalue weighted by molar-refractivity contribution is 7.85. The van der Waals surface area contributed by atoms with Crippen LogP contribution < -0.4 is 5.32 Å². The molecule has 1 amide bonds. The Morgan fingerprint density at radius 2 is 2.18 bits per heavy atom. The third-order valence-corrected chi connectivity index (χ3v) is 6.13. The van der Waals surface area contributed by atoms with Gasteiger partial charge in [0.15, 0.2) is 0 Å². The first-order valence-electron chi connectivity index (χ1n) is 7.93. The first-order chi connectivity index (χ1) is 10.7. The average Bonchev–Trinajstić information content (AvgIpc) is 2.98. The standard InChI is InChI=1S/C17H22N2O2S/c1-2-22(21)14-8-5-7-13(11-14)18-17(20)16-10-12-6-3-4-9-15(12)19-16/h3-4,6,9-10,13-14,19H,2,5,7-8,11H2,1H3,(H,18,20)/t13-,14+,22+/m1/s1. The second kappa shape index (κ2) is 6.65. The van der Waals surface area contributed by atoms with Gasteiger partial charge in [-0.05, 0) is 31.4 Å². The van der Waals surface area contributed by atoms with Gasteiger partial charge in [-0.15, -0.1) is 0 Å². The molecule has 1 fully saturated rings. The van der Waals surface area contributed by atoms with Crippen molar-refractivity contribution in [3.8, 4) is 0 Å². The van der Waals surface area contributed by atoms with Crippen LogP contribution >= 0.6 is 0 Å². The summed E-state index contributed by atoms with van der Waals surface area (Å²) in [5, 5.41) is 4.37. The summed E-state index contributed by atoms with van der Waals surface area (Å²) in [5.41, 5.74) is 1.57. The lowest BCUT2D eigenvalue weighted by molar-refractivity contribution is 0.0924. The van der Waals surface area contributed by atoms with Crippen LogP contribution in [0.1, 0.15) is 43.1 Å². The quantitative estimate of drug-likeness (QED) is 0.910. The zero-order chi connectivity index (χ0) is 15.5. The normalized spacial score (nSPS) is 23.3. The summed E-state index contributed by atoms with van der Waals surface area (Å²) >= 11 is 0. The fraction of sp³-hybridized carbons (Fsp3) is 0.471. The largest absolute Gasteiger partial charge is 0.351 e. The van der Waals surface area contributed by atoms with Crippen molar-refractivity contribution in [2.75, 3.05) is 5.75 Å². The summed E-state index contributed by atoms with van der Waals surface area (Å²) < 4.78 is 12.0. The number of H-pyrrole nitrogens is 1. The first-order valence-corrected chi connectivity index (χ1v) is 9.31. The number of fused-ring (bicyclic) bond motifs is 1. The topological polar surface area (TPSA) is 62.0 Å². The monoisotopic (exact) mass is 318 g/mol. The van der Waals surface area contributed by atoms with Crippen molar-refractivity contribution in [3.63, 3.8) is 0 Å². The molecule has 1 aromatic heterocycles. The number of hydrogen-bond donors (Lipinski definition) is 2. The number of rotatable bonds is 4. The van der Waals surface area contributed by atoms with Crippen LogP contribution in [-0.2, 0) is 10.8 Å². The Bertz CT molecular complexity index is 662. The van der Waals surface area contributed by atoms with Gasteiger partial charge < -0.3 is 10.3 Å². The van der Waals surface area contributed by atoms with Crippen LogP contribution in [0.15, 0.2) is 30.3 Å². The van der Waals surface area contributed by atoms with Crippen LogP contribution in [0.25, 0.3) is 10.9 Å². The minimum atomic E-state index is -0.765. The van der Waals surface area contributed by atoms with Crippen molar-refractivity contribution < 1.29 is 9.00 Å². The smallest absolute Gasteiger partial charge is 0.267 e. The predicted octanol–water partition coefficient (Wildman–Crippen LogP) is 2.98. The molecule has 0 radical (unpaired) electrons. The minimum absolute atomic E-state index is 0.0656. The van der Waals surface area contributed by atoms with Gasteiger partial charge in [0.25, 0.3) is 5.91 Å². The fourth-order valence-corrected chi connectivity index (χ4v) is 4.56. The van der Waals surface area contributed by atoms with Gasteiger partial charge in [-0.2, -0.15) is 0 Å². The Morgan fingerprint density at radius 3 is 2.95 bits per heavy atom. The summed E-state index contributed by atoms with van der Waals surface area (Å²) in [4.78, 5) is 15.6. The summed E-state index contributed by atoms with van der Waals surface area (Å²) in [5.74, 6) is 0.636. The molecule has 0 saturated heterocycles. The van der Waals surface area contributed by atoms with E-state index < -0.39 is 10.8 Å². The molecule has 3 atom stereocenters. The molecule has 4 nitrogen and oxygen atoms in total. The Morgan fingerprint density at radius 1 is 1.36 bits per heavy atom. The number of aromatic nitrogens is 1. The fourth-order valence-electron chi connectivity index (χ4n) is 3.21. The molecule has 0 aliphatic heterocycles. The molecule has 118 valence electrons. The maximum absolute atomic E-state index is 12.4. The highest BCUT2D eigenvalue weighted by Crippen LogP contribution is 2.23. The molecule has 0 unspecified atom stereocenters. The van der Waals surface area contributed by atoms with E-state index in [-0.39, 0.29) is 17.2 Å². The number of amides is 1. The Hall–Kier alpha value is -1.62. The van der Waals surface area contributed by atoms with Crippen molar-refractivity contribution in [3.05, 3.63) is 36.0 Å². The SMILES string of the molecule is CC[S@](=O)[C@H]1CCC[C@@H](NC(=O)c2cc3ccccc3[nH]2)C1. The van der Waals surface area contributed by atoms with Gasteiger partial charge in [0.1, 0.15) is 5.69 Å². The molecular formula is C17H22N2O2S. The Kier molecular flexibility index (Phi) is 4.62. The Balaban J connectivity index is 1.67. The second-order valence-corrected chi connectivity index (χ2v) is 7.90. The van der Waals surface area contributed by atoms with Gasteiger partial charge in [-0.1, -0.05) is 31.5 Å². The van der Waals surface area contributed by atoms with Crippen molar-refractivity contribution in [2.24, 2.45) is 0 Å². The van der Waals surface area contributed by atoms with Crippen molar-refractivity contribution >= 4 is 27.6 Å². The maximum Gasteiger partial charge on any atom is 0.267 e. The predicted molar refractivity (Wildman–Crippen MR) is 90.5 cm³/mol. The molecule has 3 rings (SSSR count). The van der Waals surface area contributed by atoms with Crippen LogP contribution in [-0.4, -0.2) is 32.1 Å². The lowest BCUT2D eigenvalue weighted by Gasteiger charge is -2.28. The van der Waals surface area contributed by atoms with Crippen LogP contribution in [0, 0.1) is 0 Å². The molecule has 1 aromatic carbocycles. The van der Waals surface area contributed by atoms with Gasteiger partial charge >= 0.3 is 0 Å². The molecule has 22 heavy (non-hydrogen) atoms. The van der Waals surface area contributed by atoms with Crippen molar-refractivity contribution in [1.29, 1.82) is 0 Å². The molecule has 0 spiro atoms. The molecule has 5 heteroatoms. The second-order valence-electron chi connectivity index (χ2n) is 5.90. The van der Waals surface area contributed by atoms with E-state index in [1.54, 1.807) is 0 Å². The lowest BCUT2D eigenvalue weighted by Crippen LogP contribution is -2.41. The molecule has 1 heterocycles. The summed E-state index contributed by atoms with van der Waals surface area (Å²) in [6.45, 7) is 1.96. The zero-order valence-electron chi connectivity index (χ0n) is 12.8. The van der Waals surface area contributed by atoms with Gasteiger partial charge in [-0.25, -0.2) is 0 Å². The highest BCUT2D eigenvalue weighted by Gasteiger charge is 2.27. The third kappa shape index (κ3) is 3.24. The number of aromatic amines is 1. The molecule has 1 saturated carbocycles. The number of carbonyl (C=O) groups excluding carboxylic acids is 1.